The van der Waals surface area contributed by atoms with Gasteiger partial charge in [-0.2, -0.15) is 35.5 Å². The number of azo groups is 2. The summed E-state index contributed by atoms with van der Waals surface area (Å²) in [7, 11) is -14.0. The van der Waals surface area contributed by atoms with Crippen molar-refractivity contribution in [1.82, 2.24) is 0 Å². The number of fused-ring (bicyclic) bond motifs is 2. The van der Waals surface area contributed by atoms with Crippen LogP contribution in [0.3, 0.4) is 0 Å². The molecule has 6 rings (SSSR count). The van der Waals surface area contributed by atoms with Crippen LogP contribution in [0.5, 0.6) is 5.75 Å². The molecule has 16 nitrogen and oxygen atoms in total. The van der Waals surface area contributed by atoms with E-state index in [4.69, 9.17) is 11.5 Å². The summed E-state index contributed by atoms with van der Waals surface area (Å²) in [5.74, 6) is -0.461. The van der Waals surface area contributed by atoms with Gasteiger partial charge < -0.3 is 16.6 Å². The first-order valence-electron chi connectivity index (χ1n) is 14.3. The summed E-state index contributed by atoms with van der Waals surface area (Å²) in [5.41, 5.74) is 14.1. The highest BCUT2D eigenvalue weighted by Gasteiger charge is 2.22. The Hall–Kier alpha value is -5.83. The van der Waals surface area contributed by atoms with E-state index in [1.165, 1.54) is 24.3 Å². The predicted molar refractivity (Wildman–Crippen MR) is 188 cm³/mol. The Kier molecular flexibility index (Phi) is 8.79. The summed E-state index contributed by atoms with van der Waals surface area (Å²) in [6.07, 6.45) is 0. The maximum absolute atomic E-state index is 12.0. The van der Waals surface area contributed by atoms with Crippen molar-refractivity contribution in [3.63, 3.8) is 0 Å². The van der Waals surface area contributed by atoms with Crippen LogP contribution in [0.2, 0.25) is 0 Å². The number of phenolic OH excluding ortho intramolecular Hbond substituents is 1. The number of aromatic hydroxyl groups is 1. The number of benzene rings is 6. The second-order valence-electron chi connectivity index (χ2n) is 11.0. The van der Waals surface area contributed by atoms with Crippen LogP contribution in [0.15, 0.2) is 132 Å². The van der Waals surface area contributed by atoms with Crippen molar-refractivity contribution < 1.29 is 44.0 Å². The van der Waals surface area contributed by atoms with E-state index in [1.54, 1.807) is 48.5 Å². The summed E-state index contributed by atoms with van der Waals surface area (Å²) in [6, 6.07) is 22.9. The summed E-state index contributed by atoms with van der Waals surface area (Å²) >= 11 is 0. The highest BCUT2D eigenvalue weighted by molar-refractivity contribution is 7.86. The van der Waals surface area contributed by atoms with Crippen LogP contribution in [0.25, 0.3) is 32.7 Å². The second-order valence-corrected chi connectivity index (χ2v) is 15.2. The van der Waals surface area contributed by atoms with E-state index in [9.17, 15) is 44.0 Å². The van der Waals surface area contributed by atoms with Crippen LogP contribution in [-0.2, 0) is 30.4 Å². The predicted octanol–water partition coefficient (Wildman–Crippen LogP) is 7.10. The number of nitrogens with two attached hydrogens (primary N) is 2. The van der Waals surface area contributed by atoms with Gasteiger partial charge in [0.2, 0.25) is 0 Å². The van der Waals surface area contributed by atoms with Gasteiger partial charge in [-0.05, 0) is 76.5 Å². The van der Waals surface area contributed by atoms with Gasteiger partial charge in [0.25, 0.3) is 30.4 Å². The molecule has 0 aromatic heterocycles. The Balaban J connectivity index is 1.26. The lowest BCUT2D eigenvalue weighted by Gasteiger charge is -2.10. The Labute approximate surface area is 289 Å². The Bertz CT molecular complexity index is 2790. The molecule has 0 heterocycles. The first-order chi connectivity index (χ1) is 23.9. The minimum atomic E-state index is -4.85. The molecule has 51 heavy (non-hydrogen) atoms. The van der Waals surface area contributed by atoms with Crippen molar-refractivity contribution in [2.75, 3.05) is 11.5 Å². The van der Waals surface area contributed by atoms with Gasteiger partial charge in [0, 0.05) is 11.5 Å². The molecule has 0 saturated carbocycles. The molecular weight excluding hydrogens is 725 g/mol. The van der Waals surface area contributed by atoms with E-state index in [-0.39, 0.29) is 38.6 Å². The molecule has 0 unspecified atom stereocenters. The number of rotatable bonds is 8. The zero-order chi connectivity index (χ0) is 36.9. The number of nitrogens with zero attached hydrogens (tertiary/aromatic N) is 4. The standard InChI is InChI=1S/C32H24N6O10S3/c33-26-12-5-19-13-24(50(43,44)45)16-27(39)29(19)32(26)38-36-22-8-3-18(4-9-22)17-1-6-21(7-2-17)35-37-31-25-11-10-23(49(40,41)42)14-20(25)15-28(30(31)34)51(46,47)48/h1-16,39H,33-34H2,(H,40,41,42)(H,43,44,45)(H,46,47,48). The lowest BCUT2D eigenvalue weighted by Crippen LogP contribution is -2.04. The van der Waals surface area contributed by atoms with Crippen molar-refractivity contribution in [1.29, 1.82) is 0 Å². The number of phenols is 1. The second kappa shape index (κ2) is 12.8. The van der Waals surface area contributed by atoms with Crippen molar-refractivity contribution in [2.24, 2.45) is 20.5 Å². The molecule has 0 aliphatic carbocycles. The van der Waals surface area contributed by atoms with E-state index < -0.39 is 56.5 Å². The topological polar surface area (TPSA) is 285 Å². The molecule has 6 aromatic carbocycles. The molecule has 0 fully saturated rings. The van der Waals surface area contributed by atoms with Crippen LogP contribution >= 0.6 is 0 Å². The van der Waals surface area contributed by atoms with Crippen molar-refractivity contribution in [3.05, 3.63) is 97.1 Å². The highest BCUT2D eigenvalue weighted by atomic mass is 32.2. The molecular formula is C32H24N6O10S3. The van der Waals surface area contributed by atoms with E-state index in [1.807, 2.05) is 0 Å². The van der Waals surface area contributed by atoms with Crippen LogP contribution in [0.4, 0.5) is 34.1 Å². The molecule has 260 valence electrons. The monoisotopic (exact) mass is 748 g/mol. The number of anilines is 2. The normalized spacial score (nSPS) is 12.8. The van der Waals surface area contributed by atoms with E-state index in [0.29, 0.717) is 11.4 Å². The average Bonchev–Trinajstić information content (AvgIpc) is 3.06. The maximum atomic E-state index is 12.0. The first-order valence-corrected chi connectivity index (χ1v) is 18.6. The SMILES string of the molecule is Nc1ccc2cc(S(=O)(=O)O)cc(O)c2c1N=Nc1ccc(-c2ccc(N=Nc3c(N)c(S(=O)(=O)O)cc4cc(S(=O)(=O)O)ccc34)cc2)cc1. The van der Waals surface area contributed by atoms with Gasteiger partial charge in [-0.15, -0.1) is 10.2 Å². The van der Waals surface area contributed by atoms with Crippen LogP contribution < -0.4 is 11.5 Å². The fourth-order valence-corrected chi connectivity index (χ4v) is 6.87. The zero-order valence-corrected chi connectivity index (χ0v) is 28.1. The quantitative estimate of drug-likeness (QED) is 0.0516. The van der Waals surface area contributed by atoms with E-state index >= 15 is 0 Å². The molecule has 0 radical (unpaired) electrons. The molecule has 0 spiro atoms. The average molecular weight is 749 g/mol. The molecule has 0 saturated heterocycles. The lowest BCUT2D eigenvalue weighted by atomic mass is 10.1. The summed E-state index contributed by atoms with van der Waals surface area (Å²) < 4.78 is 98.8. The first kappa shape index (κ1) is 35.0. The Morgan fingerprint density at radius 2 is 1.04 bits per heavy atom. The van der Waals surface area contributed by atoms with Crippen LogP contribution in [0, 0.1) is 0 Å². The van der Waals surface area contributed by atoms with Gasteiger partial charge >= 0.3 is 0 Å². The fourth-order valence-electron chi connectivity index (χ4n) is 5.17. The maximum Gasteiger partial charge on any atom is 0.296 e. The Morgan fingerprint density at radius 3 is 1.57 bits per heavy atom. The van der Waals surface area contributed by atoms with Gasteiger partial charge in [-0.1, -0.05) is 36.4 Å². The zero-order valence-electron chi connectivity index (χ0n) is 25.6. The van der Waals surface area contributed by atoms with E-state index in [2.05, 4.69) is 20.5 Å². The molecule has 0 amide bonds. The van der Waals surface area contributed by atoms with Crippen molar-refractivity contribution >= 4 is 86.0 Å². The Morgan fingerprint density at radius 1 is 0.510 bits per heavy atom. The molecule has 0 bridgehead atoms. The largest absolute Gasteiger partial charge is 0.507 e. The fraction of sp³-hybridized carbons (Fsp3) is 0. The minimum Gasteiger partial charge on any atom is -0.507 e. The third kappa shape index (κ3) is 7.24. The van der Waals surface area contributed by atoms with Gasteiger partial charge in [0.1, 0.15) is 22.0 Å². The van der Waals surface area contributed by atoms with Crippen LogP contribution in [-0.4, -0.2) is 44.0 Å². The van der Waals surface area contributed by atoms with E-state index in [0.717, 1.165) is 35.4 Å². The van der Waals surface area contributed by atoms with Gasteiger partial charge in [0.15, 0.2) is 0 Å². The van der Waals surface area contributed by atoms with Crippen LogP contribution in [0.1, 0.15) is 0 Å². The van der Waals surface area contributed by atoms with Crippen molar-refractivity contribution in [2.45, 2.75) is 14.7 Å². The molecule has 19 heteroatoms. The third-order valence-electron chi connectivity index (χ3n) is 7.63. The molecule has 0 aliphatic heterocycles. The molecule has 0 aliphatic rings. The van der Waals surface area contributed by atoms with Gasteiger partial charge in [-0.25, -0.2) is 0 Å². The summed E-state index contributed by atoms with van der Waals surface area (Å²) in [4.78, 5) is -1.72. The summed E-state index contributed by atoms with van der Waals surface area (Å²) in [5, 5.41) is 27.8. The highest BCUT2D eigenvalue weighted by Crippen LogP contribution is 2.41. The molecule has 8 N–H and O–H groups in total. The number of hydrogen-bond donors (Lipinski definition) is 6. The number of nitrogen functional groups attached to an aromatic ring is 2. The summed E-state index contributed by atoms with van der Waals surface area (Å²) in [6.45, 7) is 0. The van der Waals surface area contributed by atoms with Crippen molar-refractivity contribution in [3.8, 4) is 16.9 Å². The third-order valence-corrected chi connectivity index (χ3v) is 10.2. The van der Waals surface area contributed by atoms with Gasteiger partial charge in [0.05, 0.1) is 37.9 Å². The molecule has 0 atom stereocenters. The molecule has 6 aromatic rings. The number of hydrogen-bond acceptors (Lipinski definition) is 13. The minimum absolute atomic E-state index is 0.00669. The van der Waals surface area contributed by atoms with Gasteiger partial charge in [-0.3, -0.25) is 13.7 Å². The lowest BCUT2D eigenvalue weighted by molar-refractivity contribution is 0.471. The smallest absolute Gasteiger partial charge is 0.296 e.